The van der Waals surface area contributed by atoms with Crippen molar-refractivity contribution in [1.82, 2.24) is 0 Å². The monoisotopic (exact) mass is 300 g/mol. The summed E-state index contributed by atoms with van der Waals surface area (Å²) in [6.45, 7) is 1.72. The molecular formula is C10H15F7O2. The summed E-state index contributed by atoms with van der Waals surface area (Å²) in [5.74, 6) is -17.8. The zero-order valence-corrected chi connectivity index (χ0v) is 10.1. The highest BCUT2D eigenvalue weighted by Gasteiger charge is 2.79. The van der Waals surface area contributed by atoms with Gasteiger partial charge in [0.15, 0.2) is 0 Å². The van der Waals surface area contributed by atoms with E-state index >= 15 is 0 Å². The first kappa shape index (κ1) is 18.4. The molecule has 0 radical (unpaired) electrons. The molecule has 0 saturated carbocycles. The lowest BCUT2D eigenvalue weighted by atomic mass is 9.97. The summed E-state index contributed by atoms with van der Waals surface area (Å²) < 4.78 is 89.5. The molecule has 2 N–H and O–H groups in total. The van der Waals surface area contributed by atoms with Crippen molar-refractivity contribution in [2.24, 2.45) is 0 Å². The predicted octanol–water partition coefficient (Wildman–Crippen LogP) is 3.47. The Morgan fingerprint density at radius 2 is 1.21 bits per heavy atom. The van der Waals surface area contributed by atoms with Crippen LogP contribution in [-0.2, 0) is 0 Å². The minimum absolute atomic E-state index is 0.118. The predicted molar refractivity (Wildman–Crippen MR) is 51.9 cm³/mol. The molecule has 0 saturated heterocycles. The van der Waals surface area contributed by atoms with Crippen LogP contribution >= 0.6 is 0 Å². The maximum atomic E-state index is 13.0. The van der Waals surface area contributed by atoms with Gasteiger partial charge in [-0.25, -0.2) is 0 Å². The van der Waals surface area contributed by atoms with Crippen LogP contribution in [0, 0.1) is 0 Å². The molecule has 0 fully saturated rings. The summed E-state index contributed by atoms with van der Waals surface area (Å²) >= 11 is 0. The third-order valence-corrected chi connectivity index (χ3v) is 2.60. The van der Waals surface area contributed by atoms with E-state index in [2.05, 4.69) is 0 Å². The van der Waals surface area contributed by atoms with Crippen LogP contribution in [0.5, 0.6) is 0 Å². The highest BCUT2D eigenvalue weighted by Crippen LogP contribution is 2.51. The Balaban J connectivity index is 4.96. The van der Waals surface area contributed by atoms with Crippen LogP contribution in [0.15, 0.2) is 0 Å². The number of alkyl halides is 7. The Morgan fingerprint density at radius 3 is 1.58 bits per heavy atom. The zero-order chi connectivity index (χ0) is 15.5. The molecule has 0 rings (SSSR count). The topological polar surface area (TPSA) is 40.5 Å². The van der Waals surface area contributed by atoms with Gasteiger partial charge in [-0.3, -0.25) is 0 Å². The number of rotatable bonds is 8. The van der Waals surface area contributed by atoms with Gasteiger partial charge in [-0.2, -0.15) is 30.7 Å². The Hall–Kier alpha value is -0.570. The normalized spacial score (nSPS) is 14.8. The van der Waals surface area contributed by atoms with Crippen LogP contribution in [-0.4, -0.2) is 34.0 Å². The van der Waals surface area contributed by atoms with Gasteiger partial charge < -0.3 is 10.2 Å². The lowest BCUT2D eigenvalue weighted by Crippen LogP contribution is -2.63. The van der Waals surface area contributed by atoms with Gasteiger partial charge in [-0.15, -0.1) is 0 Å². The quantitative estimate of drug-likeness (QED) is 0.409. The Bertz CT molecular complexity index is 286. The van der Waals surface area contributed by atoms with E-state index < -0.39 is 36.7 Å². The van der Waals surface area contributed by atoms with E-state index in [0.29, 0.717) is 12.8 Å². The summed E-state index contributed by atoms with van der Waals surface area (Å²) in [7, 11) is 0. The lowest BCUT2D eigenvalue weighted by molar-refractivity contribution is -0.440. The molecule has 0 unspecified atom stereocenters. The van der Waals surface area contributed by atoms with Gasteiger partial charge in [0.05, 0.1) is 0 Å². The van der Waals surface area contributed by atoms with E-state index in [4.69, 9.17) is 10.2 Å². The van der Waals surface area contributed by atoms with Crippen molar-refractivity contribution in [2.75, 3.05) is 0 Å². The fourth-order valence-electron chi connectivity index (χ4n) is 1.36. The van der Waals surface area contributed by atoms with Gasteiger partial charge in [0.25, 0.3) is 0 Å². The van der Waals surface area contributed by atoms with E-state index in [1.54, 1.807) is 6.92 Å². The van der Waals surface area contributed by atoms with Crippen LogP contribution in [0.25, 0.3) is 0 Å². The van der Waals surface area contributed by atoms with Crippen molar-refractivity contribution < 1.29 is 40.9 Å². The fraction of sp³-hybridized carbons (Fsp3) is 1.00. The van der Waals surface area contributed by atoms with E-state index in [1.807, 2.05) is 0 Å². The SMILES string of the molecule is CCCCCCC(F)(F)C(F)(F)C(F)(F)C(O)(O)F. The van der Waals surface area contributed by atoms with Crippen LogP contribution in [0.2, 0.25) is 0 Å². The third kappa shape index (κ3) is 3.71. The van der Waals surface area contributed by atoms with Crippen LogP contribution < -0.4 is 0 Å². The standard InChI is InChI=1S/C10H15F7O2/c1-2-3-4-5-6-7(11,12)8(13,14)9(15,16)10(17,18)19/h18-19H,2-6H2,1H3. The van der Waals surface area contributed by atoms with Crippen molar-refractivity contribution >= 4 is 0 Å². The molecule has 0 aliphatic rings. The molecule has 9 heteroatoms. The summed E-state index contributed by atoms with van der Waals surface area (Å²) in [5, 5.41) is 15.8. The van der Waals surface area contributed by atoms with Gasteiger partial charge in [-0.1, -0.05) is 26.2 Å². The zero-order valence-electron chi connectivity index (χ0n) is 10.1. The molecule has 0 aromatic carbocycles. The molecule has 0 aromatic rings. The fourth-order valence-corrected chi connectivity index (χ4v) is 1.36. The number of unbranched alkanes of at least 4 members (excludes halogenated alkanes) is 3. The summed E-state index contributed by atoms with van der Waals surface area (Å²) in [5.41, 5.74) is 0. The molecular weight excluding hydrogens is 285 g/mol. The largest absolute Gasteiger partial charge is 0.399 e. The van der Waals surface area contributed by atoms with Crippen LogP contribution in [0.4, 0.5) is 30.7 Å². The first-order valence-electron chi connectivity index (χ1n) is 5.58. The first-order chi connectivity index (χ1) is 8.31. The first-order valence-corrected chi connectivity index (χ1v) is 5.58. The Morgan fingerprint density at radius 1 is 0.737 bits per heavy atom. The molecule has 0 amide bonds. The Kier molecular flexibility index (Phi) is 5.65. The van der Waals surface area contributed by atoms with E-state index in [-0.39, 0.29) is 6.42 Å². The molecule has 19 heavy (non-hydrogen) atoms. The molecule has 0 aromatic heterocycles. The molecule has 0 atom stereocenters. The summed E-state index contributed by atoms with van der Waals surface area (Å²) in [4.78, 5) is 0. The molecule has 116 valence electrons. The molecule has 0 aliphatic heterocycles. The van der Waals surface area contributed by atoms with Crippen molar-refractivity contribution in [2.45, 2.75) is 62.8 Å². The summed E-state index contributed by atoms with van der Waals surface area (Å²) in [6, 6.07) is -5.73. The van der Waals surface area contributed by atoms with Crippen molar-refractivity contribution in [3.8, 4) is 0 Å². The Labute approximate surface area is 105 Å². The molecule has 0 heterocycles. The maximum Gasteiger partial charge on any atom is 0.399 e. The highest BCUT2D eigenvalue weighted by atomic mass is 19.3. The lowest BCUT2D eigenvalue weighted by Gasteiger charge is -2.35. The molecule has 0 bridgehead atoms. The second-order valence-corrected chi connectivity index (χ2v) is 4.25. The van der Waals surface area contributed by atoms with Gasteiger partial charge in [0, 0.05) is 6.42 Å². The van der Waals surface area contributed by atoms with Gasteiger partial charge in [-0.05, 0) is 6.42 Å². The van der Waals surface area contributed by atoms with Crippen LogP contribution in [0.1, 0.15) is 39.0 Å². The second kappa shape index (κ2) is 5.82. The average molecular weight is 300 g/mol. The van der Waals surface area contributed by atoms with E-state index in [9.17, 15) is 30.7 Å². The van der Waals surface area contributed by atoms with Gasteiger partial charge in [0.2, 0.25) is 0 Å². The van der Waals surface area contributed by atoms with Gasteiger partial charge in [0.1, 0.15) is 0 Å². The molecule has 2 nitrogen and oxygen atoms in total. The molecule has 0 spiro atoms. The van der Waals surface area contributed by atoms with Gasteiger partial charge >= 0.3 is 23.8 Å². The second-order valence-electron chi connectivity index (χ2n) is 4.25. The molecule has 0 aliphatic carbocycles. The van der Waals surface area contributed by atoms with E-state index in [1.165, 1.54) is 0 Å². The van der Waals surface area contributed by atoms with Crippen molar-refractivity contribution in [1.29, 1.82) is 0 Å². The smallest absolute Gasteiger partial charge is 0.335 e. The maximum absolute atomic E-state index is 13.0. The number of aliphatic hydroxyl groups is 2. The van der Waals surface area contributed by atoms with Crippen molar-refractivity contribution in [3.05, 3.63) is 0 Å². The minimum atomic E-state index is -6.33. The van der Waals surface area contributed by atoms with E-state index in [0.717, 1.165) is 0 Å². The number of hydrogen-bond donors (Lipinski definition) is 2. The average Bonchev–Trinajstić information content (AvgIpc) is 2.22. The number of hydrogen-bond acceptors (Lipinski definition) is 2. The third-order valence-electron chi connectivity index (χ3n) is 2.60. The van der Waals surface area contributed by atoms with Crippen LogP contribution in [0.3, 0.4) is 0 Å². The number of halogens is 7. The highest BCUT2D eigenvalue weighted by molar-refractivity contribution is 4.99. The minimum Gasteiger partial charge on any atom is -0.335 e. The summed E-state index contributed by atoms with van der Waals surface area (Å²) in [6.07, 6.45) is -0.898. The van der Waals surface area contributed by atoms with Crippen molar-refractivity contribution in [3.63, 3.8) is 0 Å².